The van der Waals surface area contributed by atoms with Gasteiger partial charge < -0.3 is 15.2 Å². The van der Waals surface area contributed by atoms with E-state index in [0.717, 1.165) is 6.42 Å². The van der Waals surface area contributed by atoms with Crippen molar-refractivity contribution in [1.29, 1.82) is 0 Å². The molecule has 5 heteroatoms. The Hall–Kier alpha value is -2.04. The molecular weight excluding hydrogens is 258 g/mol. The Kier molecular flexibility index (Phi) is 6.56. The molecule has 2 N–H and O–H groups in total. The normalized spacial score (nSPS) is 11.7. The summed E-state index contributed by atoms with van der Waals surface area (Å²) in [6.45, 7) is 4.52. The highest BCUT2D eigenvalue weighted by Crippen LogP contribution is 2.12. The molecule has 0 saturated heterocycles. The highest BCUT2D eigenvalue weighted by molar-refractivity contribution is 5.96. The van der Waals surface area contributed by atoms with Crippen LogP contribution < -0.4 is 10.1 Å². The fourth-order valence-electron chi connectivity index (χ4n) is 1.71. The molecule has 1 unspecified atom stereocenters. The van der Waals surface area contributed by atoms with E-state index in [9.17, 15) is 9.59 Å². The second-order valence-corrected chi connectivity index (χ2v) is 4.53. The minimum Gasteiger partial charge on any atom is -0.494 e. The van der Waals surface area contributed by atoms with Gasteiger partial charge in [-0.3, -0.25) is 4.79 Å². The maximum atomic E-state index is 11.9. The van der Waals surface area contributed by atoms with Crippen LogP contribution in [-0.4, -0.2) is 29.6 Å². The minimum atomic E-state index is -1.01. The van der Waals surface area contributed by atoms with E-state index in [1.165, 1.54) is 0 Å². The molecule has 0 aliphatic rings. The van der Waals surface area contributed by atoms with Crippen LogP contribution >= 0.6 is 0 Å². The molecule has 0 heterocycles. The maximum Gasteiger partial charge on any atom is 0.326 e. The van der Waals surface area contributed by atoms with Crippen molar-refractivity contribution in [3.05, 3.63) is 29.8 Å². The lowest BCUT2D eigenvalue weighted by Crippen LogP contribution is -2.40. The number of carboxylic acid groups (broad SMARTS) is 1. The Morgan fingerprint density at radius 1 is 1.20 bits per heavy atom. The van der Waals surface area contributed by atoms with Gasteiger partial charge in [-0.2, -0.15) is 0 Å². The van der Waals surface area contributed by atoms with E-state index in [0.29, 0.717) is 30.8 Å². The third-order valence-electron chi connectivity index (χ3n) is 2.77. The molecule has 0 bridgehead atoms. The monoisotopic (exact) mass is 279 g/mol. The van der Waals surface area contributed by atoms with Gasteiger partial charge in [-0.05, 0) is 37.1 Å². The van der Waals surface area contributed by atoms with E-state index in [1.807, 2.05) is 13.8 Å². The number of aliphatic carboxylic acids is 1. The molecule has 0 aliphatic heterocycles. The van der Waals surface area contributed by atoms with Crippen molar-refractivity contribution in [3.63, 3.8) is 0 Å². The predicted octanol–water partition coefficient (Wildman–Crippen LogP) is 2.46. The number of nitrogens with one attached hydrogen (secondary N) is 1. The van der Waals surface area contributed by atoms with Crippen LogP contribution in [0.15, 0.2) is 24.3 Å². The summed E-state index contributed by atoms with van der Waals surface area (Å²) in [4.78, 5) is 22.9. The molecule has 0 aromatic heterocycles. The van der Waals surface area contributed by atoms with Crippen LogP contribution in [0.4, 0.5) is 0 Å². The number of rotatable bonds is 8. The first-order valence-corrected chi connectivity index (χ1v) is 6.85. The van der Waals surface area contributed by atoms with Crippen LogP contribution in [0.5, 0.6) is 5.75 Å². The van der Waals surface area contributed by atoms with E-state index >= 15 is 0 Å². The topological polar surface area (TPSA) is 75.6 Å². The van der Waals surface area contributed by atoms with Crippen LogP contribution in [0.3, 0.4) is 0 Å². The largest absolute Gasteiger partial charge is 0.494 e. The zero-order valence-electron chi connectivity index (χ0n) is 11.9. The predicted molar refractivity (Wildman–Crippen MR) is 76.0 cm³/mol. The van der Waals surface area contributed by atoms with Gasteiger partial charge in [0.05, 0.1) is 6.61 Å². The van der Waals surface area contributed by atoms with E-state index in [2.05, 4.69) is 5.32 Å². The van der Waals surface area contributed by atoms with Crippen LogP contribution in [0.2, 0.25) is 0 Å². The lowest BCUT2D eigenvalue weighted by molar-refractivity contribution is -0.139. The van der Waals surface area contributed by atoms with Gasteiger partial charge in [0.1, 0.15) is 11.8 Å². The second-order valence-electron chi connectivity index (χ2n) is 4.53. The standard InChI is InChI=1S/C15H21NO4/c1-3-5-13(15(18)19)16-14(17)11-6-8-12(9-7-11)20-10-4-2/h6-9,13H,3-5,10H2,1-2H3,(H,16,17)(H,18,19). The van der Waals surface area contributed by atoms with E-state index < -0.39 is 12.0 Å². The van der Waals surface area contributed by atoms with Crippen LogP contribution in [0, 0.1) is 0 Å². The Balaban J connectivity index is 2.64. The smallest absolute Gasteiger partial charge is 0.326 e. The Morgan fingerprint density at radius 3 is 2.35 bits per heavy atom. The molecule has 1 rings (SSSR count). The number of hydrogen-bond donors (Lipinski definition) is 2. The minimum absolute atomic E-state index is 0.382. The molecular formula is C15H21NO4. The molecule has 1 aromatic rings. The summed E-state index contributed by atoms with van der Waals surface area (Å²) in [5, 5.41) is 11.5. The van der Waals surface area contributed by atoms with Gasteiger partial charge >= 0.3 is 5.97 Å². The number of amides is 1. The molecule has 0 saturated carbocycles. The molecule has 0 radical (unpaired) electrons. The van der Waals surface area contributed by atoms with Gasteiger partial charge in [0.15, 0.2) is 0 Å². The molecule has 1 atom stereocenters. The quantitative estimate of drug-likeness (QED) is 0.766. The van der Waals surface area contributed by atoms with Gasteiger partial charge in [0, 0.05) is 5.56 Å². The number of carbonyl (C=O) groups is 2. The lowest BCUT2D eigenvalue weighted by atomic mass is 10.1. The summed E-state index contributed by atoms with van der Waals surface area (Å²) < 4.78 is 5.42. The number of benzene rings is 1. The molecule has 0 aliphatic carbocycles. The highest BCUT2D eigenvalue weighted by atomic mass is 16.5. The second kappa shape index (κ2) is 8.19. The SMILES string of the molecule is CCCOc1ccc(C(=O)NC(CCC)C(=O)O)cc1. The van der Waals surface area contributed by atoms with Crippen molar-refractivity contribution in [2.24, 2.45) is 0 Å². The maximum absolute atomic E-state index is 11.9. The Bertz CT molecular complexity index is 442. The first kappa shape index (κ1) is 16.0. The zero-order valence-corrected chi connectivity index (χ0v) is 11.9. The fraction of sp³-hybridized carbons (Fsp3) is 0.467. The first-order chi connectivity index (χ1) is 9.58. The van der Waals surface area contributed by atoms with E-state index in [-0.39, 0.29) is 5.91 Å². The van der Waals surface area contributed by atoms with Crippen molar-refractivity contribution in [2.45, 2.75) is 39.2 Å². The zero-order chi connectivity index (χ0) is 15.0. The van der Waals surface area contributed by atoms with Crippen molar-refractivity contribution >= 4 is 11.9 Å². The van der Waals surface area contributed by atoms with Gasteiger partial charge in [-0.15, -0.1) is 0 Å². The van der Waals surface area contributed by atoms with Crippen molar-refractivity contribution in [3.8, 4) is 5.75 Å². The summed E-state index contributed by atoms with van der Waals surface area (Å²) >= 11 is 0. The van der Waals surface area contributed by atoms with Crippen molar-refractivity contribution < 1.29 is 19.4 Å². The van der Waals surface area contributed by atoms with Gasteiger partial charge in [-0.25, -0.2) is 4.79 Å². The highest BCUT2D eigenvalue weighted by Gasteiger charge is 2.19. The summed E-state index contributed by atoms with van der Waals surface area (Å²) in [7, 11) is 0. The van der Waals surface area contributed by atoms with E-state index in [1.54, 1.807) is 24.3 Å². The van der Waals surface area contributed by atoms with Crippen LogP contribution in [0.1, 0.15) is 43.5 Å². The lowest BCUT2D eigenvalue weighted by Gasteiger charge is -2.13. The fourth-order valence-corrected chi connectivity index (χ4v) is 1.71. The third kappa shape index (κ3) is 4.91. The number of ether oxygens (including phenoxy) is 1. The summed E-state index contributed by atoms with van der Waals surface area (Å²) in [5.74, 6) is -0.692. The van der Waals surface area contributed by atoms with Crippen molar-refractivity contribution in [2.75, 3.05) is 6.61 Å². The van der Waals surface area contributed by atoms with Gasteiger partial charge in [-0.1, -0.05) is 20.3 Å². The Morgan fingerprint density at radius 2 is 1.85 bits per heavy atom. The first-order valence-electron chi connectivity index (χ1n) is 6.85. The van der Waals surface area contributed by atoms with Crippen LogP contribution in [-0.2, 0) is 4.79 Å². The number of carboxylic acids is 1. The molecule has 5 nitrogen and oxygen atoms in total. The number of hydrogen-bond acceptors (Lipinski definition) is 3. The molecule has 20 heavy (non-hydrogen) atoms. The van der Waals surface area contributed by atoms with Gasteiger partial charge in [0.2, 0.25) is 0 Å². The van der Waals surface area contributed by atoms with Gasteiger partial charge in [0.25, 0.3) is 5.91 Å². The van der Waals surface area contributed by atoms with Crippen LogP contribution in [0.25, 0.3) is 0 Å². The average Bonchev–Trinajstić information content (AvgIpc) is 2.45. The number of carbonyl (C=O) groups excluding carboxylic acids is 1. The summed E-state index contributed by atoms with van der Waals surface area (Å²) in [5.41, 5.74) is 0.427. The molecule has 110 valence electrons. The Labute approximate surface area is 118 Å². The average molecular weight is 279 g/mol. The molecule has 0 fully saturated rings. The van der Waals surface area contributed by atoms with E-state index in [4.69, 9.17) is 9.84 Å². The third-order valence-corrected chi connectivity index (χ3v) is 2.77. The summed E-state index contributed by atoms with van der Waals surface area (Å²) in [6.07, 6.45) is 2.03. The van der Waals surface area contributed by atoms with Crippen molar-refractivity contribution in [1.82, 2.24) is 5.32 Å². The molecule has 0 spiro atoms. The summed E-state index contributed by atoms with van der Waals surface area (Å²) in [6, 6.07) is 5.83. The molecule has 1 amide bonds. The molecule has 1 aromatic carbocycles.